The summed E-state index contributed by atoms with van der Waals surface area (Å²) in [4.78, 5) is 23.5. The molecule has 3 N–H and O–H groups in total. The molecular weight excluding hydrogens is 350 g/mol. The maximum atomic E-state index is 12.8. The van der Waals surface area contributed by atoms with Gasteiger partial charge in [0.25, 0.3) is 11.7 Å². The zero-order valence-corrected chi connectivity index (χ0v) is 16.6. The summed E-state index contributed by atoms with van der Waals surface area (Å²) < 4.78 is 0. The summed E-state index contributed by atoms with van der Waals surface area (Å²) in [7, 11) is 0. The first-order valence-corrected chi connectivity index (χ1v) is 10.5. The highest BCUT2D eigenvalue weighted by Gasteiger charge is 2.30. The molecule has 2 aliphatic rings. The van der Waals surface area contributed by atoms with E-state index in [0.717, 1.165) is 64.7 Å². The molecule has 0 spiro atoms. The van der Waals surface area contributed by atoms with Crippen molar-refractivity contribution in [3.63, 3.8) is 0 Å². The quantitative estimate of drug-likeness (QED) is 0.637. The Labute approximate surface area is 167 Å². The number of hydrogen-bond acceptors (Lipinski definition) is 2. The predicted molar refractivity (Wildman–Crippen MR) is 108 cm³/mol. The molecule has 28 heavy (non-hydrogen) atoms. The number of aromatic amines is 1. The van der Waals surface area contributed by atoms with Gasteiger partial charge in [-0.3, -0.25) is 9.69 Å². The van der Waals surface area contributed by atoms with E-state index in [0.29, 0.717) is 12.5 Å². The molecule has 3 heterocycles. The Balaban J connectivity index is 1.19. The minimum atomic E-state index is 0.318. The summed E-state index contributed by atoms with van der Waals surface area (Å²) >= 11 is 0. The van der Waals surface area contributed by atoms with Gasteiger partial charge in [0.2, 0.25) is 0 Å². The molecule has 2 aliphatic heterocycles. The predicted octanol–water partition coefficient (Wildman–Crippen LogP) is -1.87. The Morgan fingerprint density at radius 2 is 1.54 bits per heavy atom. The van der Waals surface area contributed by atoms with Crippen LogP contribution in [0.15, 0.2) is 54.7 Å². The van der Waals surface area contributed by atoms with Gasteiger partial charge in [-0.1, -0.05) is 36.4 Å². The lowest BCUT2D eigenvalue weighted by Crippen LogP contribution is -3.28. The van der Waals surface area contributed by atoms with Crippen LogP contribution in [0, 0.1) is 0 Å². The number of hydrogen-bond donors (Lipinski definition) is 2. The van der Waals surface area contributed by atoms with Crippen molar-refractivity contribution in [2.75, 3.05) is 63.8 Å². The van der Waals surface area contributed by atoms with Crippen LogP contribution in [0.3, 0.4) is 0 Å². The highest BCUT2D eigenvalue weighted by atomic mass is 16.2. The van der Waals surface area contributed by atoms with Gasteiger partial charge in [-0.15, -0.1) is 0 Å². The second-order valence-corrected chi connectivity index (χ2v) is 7.95. The smallest absolute Gasteiger partial charge is 0.278 e. The summed E-state index contributed by atoms with van der Waals surface area (Å²) in [5, 5.41) is 0. The fourth-order valence-corrected chi connectivity index (χ4v) is 4.30. The molecule has 0 saturated carbocycles. The minimum absolute atomic E-state index is 0.318. The average molecular weight is 383 g/mol. The SMILES string of the molecule is O=C(C[NH+]1CC[NH+](Cc2ccccc2)CC1)N1CCN(c2cccc[nH+]2)CC1. The van der Waals surface area contributed by atoms with Gasteiger partial charge in [0, 0.05) is 11.6 Å². The molecule has 1 aromatic heterocycles. The molecule has 148 valence electrons. The Bertz CT molecular complexity index is 738. The van der Waals surface area contributed by atoms with E-state index in [-0.39, 0.29) is 0 Å². The lowest BCUT2D eigenvalue weighted by atomic mass is 10.2. The number of quaternary nitrogens is 2. The van der Waals surface area contributed by atoms with Crippen LogP contribution < -0.4 is 19.7 Å². The molecule has 0 bridgehead atoms. The largest absolute Gasteiger partial charge is 0.330 e. The molecule has 0 radical (unpaired) electrons. The van der Waals surface area contributed by atoms with E-state index in [1.807, 2.05) is 18.3 Å². The van der Waals surface area contributed by atoms with E-state index in [9.17, 15) is 4.79 Å². The topological polar surface area (TPSA) is 46.6 Å². The van der Waals surface area contributed by atoms with E-state index in [2.05, 4.69) is 51.2 Å². The summed E-state index contributed by atoms with van der Waals surface area (Å²) in [6.45, 7) is 9.66. The first kappa shape index (κ1) is 18.9. The maximum Gasteiger partial charge on any atom is 0.278 e. The number of nitrogens with zero attached hydrogens (tertiary/aromatic N) is 2. The second kappa shape index (κ2) is 9.17. The van der Waals surface area contributed by atoms with Gasteiger partial charge in [-0.25, -0.2) is 4.98 Å². The number of aromatic nitrogens is 1. The number of pyridine rings is 1. The molecule has 0 aliphatic carbocycles. The third-order valence-corrected chi connectivity index (χ3v) is 6.03. The van der Waals surface area contributed by atoms with Crippen molar-refractivity contribution >= 4 is 11.7 Å². The van der Waals surface area contributed by atoms with Gasteiger partial charge in [-0.2, -0.15) is 0 Å². The number of carbonyl (C=O) groups excluding carboxylic acids is 1. The summed E-state index contributed by atoms with van der Waals surface area (Å²) in [6.07, 6.45) is 1.95. The Morgan fingerprint density at radius 3 is 2.21 bits per heavy atom. The number of anilines is 1. The molecule has 6 heteroatoms. The molecule has 0 unspecified atom stereocenters. The number of carbonyl (C=O) groups is 1. The van der Waals surface area contributed by atoms with Crippen molar-refractivity contribution in [3.05, 3.63) is 60.3 Å². The van der Waals surface area contributed by atoms with E-state index in [1.165, 1.54) is 10.5 Å². The Hall–Kier alpha value is -2.44. The number of piperazine rings is 2. The van der Waals surface area contributed by atoms with Crippen LogP contribution in [0.5, 0.6) is 0 Å². The summed E-state index contributed by atoms with van der Waals surface area (Å²) in [5.41, 5.74) is 1.41. The van der Waals surface area contributed by atoms with E-state index in [1.54, 1.807) is 4.90 Å². The van der Waals surface area contributed by atoms with Crippen LogP contribution >= 0.6 is 0 Å². The molecule has 2 aromatic rings. The number of benzene rings is 1. The van der Waals surface area contributed by atoms with Crippen LogP contribution in [0.2, 0.25) is 0 Å². The van der Waals surface area contributed by atoms with Crippen molar-refractivity contribution in [3.8, 4) is 0 Å². The monoisotopic (exact) mass is 382 g/mol. The molecule has 4 rings (SSSR count). The fraction of sp³-hybridized carbons (Fsp3) is 0.455. The van der Waals surface area contributed by atoms with E-state index >= 15 is 0 Å². The van der Waals surface area contributed by atoms with Gasteiger partial charge >= 0.3 is 0 Å². The van der Waals surface area contributed by atoms with Crippen molar-refractivity contribution < 1.29 is 19.6 Å². The zero-order chi connectivity index (χ0) is 19.2. The van der Waals surface area contributed by atoms with Gasteiger partial charge in [-0.05, 0) is 6.07 Å². The highest BCUT2D eigenvalue weighted by molar-refractivity contribution is 5.77. The Kier molecular flexibility index (Phi) is 6.19. The number of nitrogens with one attached hydrogen (secondary N) is 3. The first-order valence-electron chi connectivity index (χ1n) is 10.5. The summed E-state index contributed by atoms with van der Waals surface area (Å²) in [6, 6.07) is 16.9. The van der Waals surface area contributed by atoms with Crippen molar-refractivity contribution in [2.45, 2.75) is 6.54 Å². The van der Waals surface area contributed by atoms with Crippen LogP contribution in [-0.4, -0.2) is 69.7 Å². The minimum Gasteiger partial charge on any atom is -0.330 e. The standard InChI is InChI=1S/C22H29N5O/c28-22(27-16-14-26(15-17-27)21-8-4-5-9-23-21)19-25-12-10-24(11-13-25)18-20-6-2-1-3-7-20/h1-9H,10-19H2/p+3. The molecule has 6 nitrogen and oxygen atoms in total. The molecule has 1 aromatic carbocycles. The molecule has 1 amide bonds. The van der Waals surface area contributed by atoms with Crippen LogP contribution in [-0.2, 0) is 11.3 Å². The third-order valence-electron chi connectivity index (χ3n) is 6.03. The van der Waals surface area contributed by atoms with Crippen LogP contribution in [0.4, 0.5) is 5.82 Å². The van der Waals surface area contributed by atoms with Gasteiger partial charge in [0.1, 0.15) is 45.8 Å². The highest BCUT2D eigenvalue weighted by Crippen LogP contribution is 2.09. The Morgan fingerprint density at radius 1 is 0.857 bits per heavy atom. The van der Waals surface area contributed by atoms with Crippen molar-refractivity contribution in [1.82, 2.24) is 4.90 Å². The number of amides is 1. The fourth-order valence-electron chi connectivity index (χ4n) is 4.30. The molecular formula is C22H32N5O+3. The number of H-pyrrole nitrogens is 1. The van der Waals surface area contributed by atoms with E-state index in [4.69, 9.17) is 0 Å². The summed E-state index contributed by atoms with van der Waals surface area (Å²) in [5.74, 6) is 1.45. The van der Waals surface area contributed by atoms with Gasteiger partial charge < -0.3 is 14.7 Å². The van der Waals surface area contributed by atoms with Crippen molar-refractivity contribution in [2.24, 2.45) is 0 Å². The van der Waals surface area contributed by atoms with Crippen LogP contribution in [0.25, 0.3) is 0 Å². The van der Waals surface area contributed by atoms with E-state index < -0.39 is 0 Å². The van der Waals surface area contributed by atoms with Gasteiger partial charge in [0.05, 0.1) is 19.3 Å². The van der Waals surface area contributed by atoms with Crippen LogP contribution in [0.1, 0.15) is 5.56 Å². The molecule has 2 saturated heterocycles. The molecule has 2 fully saturated rings. The second-order valence-electron chi connectivity index (χ2n) is 7.95. The lowest BCUT2D eigenvalue weighted by Gasteiger charge is -2.33. The lowest BCUT2D eigenvalue weighted by molar-refractivity contribution is -1.02. The zero-order valence-electron chi connectivity index (χ0n) is 16.6. The van der Waals surface area contributed by atoms with Gasteiger partial charge in [0.15, 0.2) is 6.54 Å². The first-order chi connectivity index (χ1) is 13.8. The average Bonchev–Trinajstić information content (AvgIpc) is 2.76. The third kappa shape index (κ3) is 4.88. The normalized spacial score (nSPS) is 22.9. The maximum absolute atomic E-state index is 12.8. The van der Waals surface area contributed by atoms with Crippen molar-refractivity contribution in [1.29, 1.82) is 0 Å². The molecule has 0 atom stereocenters. The number of rotatable bonds is 5.